The monoisotopic (exact) mass is 238 g/mol. The number of nitrogens with two attached hydrogens (primary N) is 1. The van der Waals surface area contributed by atoms with E-state index in [1.165, 1.54) is 0 Å². The first-order chi connectivity index (χ1) is 8.17. The van der Waals surface area contributed by atoms with Gasteiger partial charge in [0.2, 0.25) is 0 Å². The van der Waals surface area contributed by atoms with Crippen LogP contribution in [0.2, 0.25) is 0 Å². The summed E-state index contributed by atoms with van der Waals surface area (Å²) in [4.78, 5) is 11.6. The van der Waals surface area contributed by atoms with Crippen molar-refractivity contribution in [1.29, 1.82) is 0 Å². The lowest BCUT2D eigenvalue weighted by molar-refractivity contribution is -0.118. The Morgan fingerprint density at radius 2 is 2.06 bits per heavy atom. The SMILES string of the molecule is CNCNC(N)C(=O)Nc1ccc(CO)cc1. The van der Waals surface area contributed by atoms with Crippen molar-refractivity contribution in [3.05, 3.63) is 29.8 Å². The minimum Gasteiger partial charge on any atom is -0.392 e. The lowest BCUT2D eigenvalue weighted by Gasteiger charge is -2.13. The lowest BCUT2D eigenvalue weighted by atomic mass is 10.2. The lowest BCUT2D eigenvalue weighted by Crippen LogP contribution is -2.49. The molecular formula is C11H18N4O2. The number of benzene rings is 1. The Balaban J connectivity index is 2.49. The first-order valence-corrected chi connectivity index (χ1v) is 5.31. The molecule has 0 radical (unpaired) electrons. The fourth-order valence-electron chi connectivity index (χ4n) is 1.22. The molecule has 1 rings (SSSR count). The highest BCUT2D eigenvalue weighted by Crippen LogP contribution is 2.09. The largest absolute Gasteiger partial charge is 0.392 e. The van der Waals surface area contributed by atoms with Crippen LogP contribution in [-0.2, 0) is 11.4 Å². The molecule has 1 aromatic rings. The van der Waals surface area contributed by atoms with Crippen LogP contribution < -0.4 is 21.7 Å². The maximum Gasteiger partial charge on any atom is 0.256 e. The Hall–Kier alpha value is -1.47. The van der Waals surface area contributed by atoms with Gasteiger partial charge in [0.15, 0.2) is 0 Å². The van der Waals surface area contributed by atoms with Gasteiger partial charge in [-0.2, -0.15) is 0 Å². The van der Waals surface area contributed by atoms with Gasteiger partial charge in [0.1, 0.15) is 6.17 Å². The van der Waals surface area contributed by atoms with Crippen LogP contribution in [0.1, 0.15) is 5.56 Å². The summed E-state index contributed by atoms with van der Waals surface area (Å²) in [5.41, 5.74) is 7.04. The molecule has 0 saturated heterocycles. The van der Waals surface area contributed by atoms with Crippen molar-refractivity contribution >= 4 is 11.6 Å². The van der Waals surface area contributed by atoms with E-state index >= 15 is 0 Å². The Morgan fingerprint density at radius 3 is 2.59 bits per heavy atom. The van der Waals surface area contributed by atoms with Crippen LogP contribution >= 0.6 is 0 Å². The zero-order valence-corrected chi connectivity index (χ0v) is 9.73. The molecule has 1 aromatic carbocycles. The second-order valence-electron chi connectivity index (χ2n) is 3.56. The molecule has 0 fully saturated rings. The van der Waals surface area contributed by atoms with Crippen LogP contribution in [0.4, 0.5) is 5.69 Å². The molecule has 1 amide bonds. The van der Waals surface area contributed by atoms with Gasteiger partial charge in [-0.05, 0) is 24.7 Å². The van der Waals surface area contributed by atoms with E-state index in [1.807, 2.05) is 0 Å². The molecule has 0 aliphatic rings. The molecule has 0 spiro atoms. The number of hydrogen-bond donors (Lipinski definition) is 5. The van der Waals surface area contributed by atoms with Crippen molar-refractivity contribution in [3.63, 3.8) is 0 Å². The Morgan fingerprint density at radius 1 is 1.41 bits per heavy atom. The Labute approximate surface area is 100 Å². The fourth-order valence-corrected chi connectivity index (χ4v) is 1.22. The summed E-state index contributed by atoms with van der Waals surface area (Å²) in [5, 5.41) is 17.2. The molecule has 0 aromatic heterocycles. The second kappa shape index (κ2) is 6.97. The summed E-state index contributed by atoms with van der Waals surface area (Å²) >= 11 is 0. The van der Waals surface area contributed by atoms with Crippen LogP contribution in [0.3, 0.4) is 0 Å². The van der Waals surface area contributed by atoms with Gasteiger partial charge in [-0.1, -0.05) is 12.1 Å². The minimum atomic E-state index is -0.764. The summed E-state index contributed by atoms with van der Waals surface area (Å²) in [6, 6.07) is 6.91. The number of aliphatic hydroxyl groups excluding tert-OH is 1. The third kappa shape index (κ3) is 4.49. The van der Waals surface area contributed by atoms with Crippen LogP contribution in [0.25, 0.3) is 0 Å². The van der Waals surface area contributed by atoms with Gasteiger partial charge in [0, 0.05) is 12.4 Å². The Bertz CT molecular complexity index is 353. The normalized spacial score (nSPS) is 12.2. The molecule has 0 saturated carbocycles. The molecule has 0 heterocycles. The second-order valence-corrected chi connectivity index (χ2v) is 3.56. The molecule has 0 bridgehead atoms. The number of amides is 1. The average molecular weight is 238 g/mol. The summed E-state index contributed by atoms with van der Waals surface area (Å²) < 4.78 is 0. The van der Waals surface area contributed by atoms with Crippen LogP contribution in [0.15, 0.2) is 24.3 Å². The van der Waals surface area contributed by atoms with Gasteiger partial charge < -0.3 is 21.5 Å². The molecule has 6 nitrogen and oxygen atoms in total. The van der Waals surface area contributed by atoms with E-state index < -0.39 is 6.17 Å². The van der Waals surface area contributed by atoms with E-state index in [2.05, 4.69) is 16.0 Å². The van der Waals surface area contributed by atoms with Crippen molar-refractivity contribution in [3.8, 4) is 0 Å². The van der Waals surface area contributed by atoms with Crippen LogP contribution in [0.5, 0.6) is 0 Å². The zero-order chi connectivity index (χ0) is 12.7. The van der Waals surface area contributed by atoms with Crippen molar-refractivity contribution in [2.45, 2.75) is 12.8 Å². The maximum absolute atomic E-state index is 11.6. The van der Waals surface area contributed by atoms with E-state index in [9.17, 15) is 4.79 Å². The van der Waals surface area contributed by atoms with Crippen LogP contribution in [0, 0.1) is 0 Å². The molecule has 6 heteroatoms. The van der Waals surface area contributed by atoms with Gasteiger partial charge in [-0.15, -0.1) is 0 Å². The predicted octanol–water partition coefficient (Wildman–Crippen LogP) is -0.831. The van der Waals surface area contributed by atoms with Gasteiger partial charge in [0.25, 0.3) is 5.91 Å². The van der Waals surface area contributed by atoms with E-state index in [0.29, 0.717) is 12.4 Å². The summed E-state index contributed by atoms with van der Waals surface area (Å²) in [6.45, 7) is 0.440. The van der Waals surface area contributed by atoms with Crippen LogP contribution in [-0.4, -0.2) is 30.9 Å². The number of hydrogen-bond acceptors (Lipinski definition) is 5. The third-order valence-corrected chi connectivity index (χ3v) is 2.19. The van der Waals surface area contributed by atoms with Gasteiger partial charge in [-0.3, -0.25) is 10.1 Å². The highest BCUT2D eigenvalue weighted by atomic mass is 16.3. The van der Waals surface area contributed by atoms with Crippen molar-refractivity contribution in [2.75, 3.05) is 19.0 Å². The molecule has 6 N–H and O–H groups in total. The van der Waals surface area contributed by atoms with Crippen molar-refractivity contribution in [2.24, 2.45) is 5.73 Å². The summed E-state index contributed by atoms with van der Waals surface area (Å²) in [5.74, 6) is -0.308. The highest BCUT2D eigenvalue weighted by Gasteiger charge is 2.11. The topological polar surface area (TPSA) is 99.4 Å². The number of rotatable bonds is 6. The number of anilines is 1. The van der Waals surface area contributed by atoms with E-state index in [1.54, 1.807) is 31.3 Å². The molecule has 1 unspecified atom stereocenters. The summed E-state index contributed by atoms with van der Waals surface area (Å²) in [7, 11) is 1.76. The molecule has 17 heavy (non-hydrogen) atoms. The fraction of sp³-hybridized carbons (Fsp3) is 0.364. The number of nitrogens with one attached hydrogen (secondary N) is 3. The first-order valence-electron chi connectivity index (χ1n) is 5.31. The maximum atomic E-state index is 11.6. The smallest absolute Gasteiger partial charge is 0.256 e. The Kier molecular flexibility index (Phi) is 5.58. The molecule has 0 aliphatic heterocycles. The quantitative estimate of drug-likeness (QED) is 0.417. The number of carbonyl (C=O) groups is 1. The molecule has 0 aliphatic carbocycles. The van der Waals surface area contributed by atoms with Gasteiger partial charge >= 0.3 is 0 Å². The first kappa shape index (κ1) is 13.6. The summed E-state index contributed by atoms with van der Waals surface area (Å²) in [6.07, 6.45) is -0.764. The predicted molar refractivity (Wildman–Crippen MR) is 66.0 cm³/mol. The van der Waals surface area contributed by atoms with E-state index in [-0.39, 0.29) is 12.5 Å². The van der Waals surface area contributed by atoms with Gasteiger partial charge in [-0.25, -0.2) is 0 Å². The van der Waals surface area contributed by atoms with E-state index in [4.69, 9.17) is 10.8 Å². The zero-order valence-electron chi connectivity index (χ0n) is 9.73. The van der Waals surface area contributed by atoms with Gasteiger partial charge in [0.05, 0.1) is 6.61 Å². The minimum absolute atomic E-state index is 0.0164. The number of aliphatic hydroxyl groups is 1. The third-order valence-electron chi connectivity index (χ3n) is 2.19. The average Bonchev–Trinajstić information content (AvgIpc) is 2.36. The standard InChI is InChI=1S/C11H18N4O2/c1-13-7-14-10(12)11(17)15-9-4-2-8(6-16)3-5-9/h2-5,10,13-14,16H,6-7,12H2,1H3,(H,15,17). The molecule has 94 valence electrons. The van der Waals surface area contributed by atoms with E-state index in [0.717, 1.165) is 5.56 Å². The number of carbonyl (C=O) groups excluding carboxylic acids is 1. The van der Waals surface area contributed by atoms with Crippen molar-refractivity contribution in [1.82, 2.24) is 10.6 Å². The highest BCUT2D eigenvalue weighted by molar-refractivity contribution is 5.94. The molecule has 1 atom stereocenters. The molecular weight excluding hydrogens is 220 g/mol. The van der Waals surface area contributed by atoms with Crippen molar-refractivity contribution < 1.29 is 9.90 Å².